The summed E-state index contributed by atoms with van der Waals surface area (Å²) in [6.45, 7) is 3.69. The Hall–Kier alpha value is -4.00. The molecule has 0 bridgehead atoms. The van der Waals surface area contributed by atoms with Crippen LogP contribution < -0.4 is 0 Å². The summed E-state index contributed by atoms with van der Waals surface area (Å²) < 4.78 is 68.7. The fourth-order valence-electron chi connectivity index (χ4n) is 4.15. The first-order valence-electron chi connectivity index (χ1n) is 10.7. The normalized spacial score (nSPS) is 11.9. The van der Waals surface area contributed by atoms with Gasteiger partial charge in [0.1, 0.15) is 11.4 Å². The maximum absolute atomic E-state index is 14.1. The Kier molecular flexibility index (Phi) is 6.43. The van der Waals surface area contributed by atoms with Crippen molar-refractivity contribution in [2.45, 2.75) is 19.3 Å². The van der Waals surface area contributed by atoms with Crippen LogP contribution in [0.15, 0.2) is 77.8 Å². The van der Waals surface area contributed by atoms with Crippen LogP contribution in [0.2, 0.25) is 0 Å². The molecule has 0 saturated heterocycles. The molecule has 35 heavy (non-hydrogen) atoms. The minimum absolute atomic E-state index is 0.0574. The van der Waals surface area contributed by atoms with Crippen molar-refractivity contribution in [3.63, 3.8) is 0 Å². The van der Waals surface area contributed by atoms with Crippen molar-refractivity contribution in [2.24, 2.45) is 4.99 Å². The van der Waals surface area contributed by atoms with Crippen LogP contribution in [0.5, 0.6) is 5.75 Å². The quantitative estimate of drug-likeness (QED) is 0.103. The molecular weight excluding hydrogens is 461 g/mol. The fraction of sp³-hybridized carbons (Fsp3) is 0.107. The summed E-state index contributed by atoms with van der Waals surface area (Å²) in [6.07, 6.45) is 0.889. The highest BCUT2D eigenvalue weighted by molar-refractivity contribution is 5.87. The third-order valence-corrected chi connectivity index (χ3v) is 6.04. The number of hydrogen-bond donors (Lipinski definition) is 1. The molecule has 7 heteroatoms. The van der Waals surface area contributed by atoms with Gasteiger partial charge in [-0.05, 0) is 36.6 Å². The summed E-state index contributed by atoms with van der Waals surface area (Å²) in [6, 6.07) is 22.2. The van der Waals surface area contributed by atoms with Crippen molar-refractivity contribution in [1.29, 1.82) is 0 Å². The Morgan fingerprint density at radius 3 is 1.66 bits per heavy atom. The van der Waals surface area contributed by atoms with E-state index in [1.165, 1.54) is 6.07 Å². The van der Waals surface area contributed by atoms with Crippen LogP contribution >= 0.6 is 0 Å². The lowest BCUT2D eigenvalue weighted by Crippen LogP contribution is -2.26. The smallest absolute Gasteiger partial charge is 0.200 e. The molecule has 0 aromatic heterocycles. The second-order valence-corrected chi connectivity index (χ2v) is 8.28. The first-order chi connectivity index (χ1) is 16.7. The highest BCUT2D eigenvalue weighted by atomic mass is 19.2. The highest BCUT2D eigenvalue weighted by Gasteiger charge is 2.34. The van der Waals surface area contributed by atoms with Crippen LogP contribution in [0.3, 0.4) is 0 Å². The van der Waals surface area contributed by atoms with E-state index in [0.717, 1.165) is 17.3 Å². The van der Waals surface area contributed by atoms with Gasteiger partial charge in [-0.1, -0.05) is 66.7 Å². The third kappa shape index (κ3) is 4.18. The predicted octanol–water partition coefficient (Wildman–Crippen LogP) is 7.50. The molecule has 0 amide bonds. The zero-order valence-electron chi connectivity index (χ0n) is 18.8. The Morgan fingerprint density at radius 2 is 1.17 bits per heavy atom. The largest absolute Gasteiger partial charge is 0.507 e. The molecule has 0 unspecified atom stereocenters. The monoisotopic (exact) mass is 481 g/mol. The van der Waals surface area contributed by atoms with E-state index in [1.807, 2.05) is 67.6 Å². The van der Waals surface area contributed by atoms with Crippen LogP contribution in [0.1, 0.15) is 34.7 Å². The van der Waals surface area contributed by atoms with Gasteiger partial charge in [-0.15, -0.1) is 0 Å². The van der Waals surface area contributed by atoms with E-state index in [9.17, 15) is 27.1 Å². The number of rotatable bonds is 5. The average Bonchev–Trinajstić information content (AvgIpc) is 2.88. The summed E-state index contributed by atoms with van der Waals surface area (Å²) in [5.74, 6) is -10.8. The minimum Gasteiger partial charge on any atom is -0.507 e. The molecule has 0 radical (unpaired) electrons. The zero-order valence-corrected chi connectivity index (χ0v) is 18.8. The van der Waals surface area contributed by atoms with Gasteiger partial charge in [-0.3, -0.25) is 0 Å². The minimum atomic E-state index is -2.26. The summed E-state index contributed by atoms with van der Waals surface area (Å²) in [5.41, 5.74) is 0.791. The maximum atomic E-state index is 14.1. The van der Waals surface area contributed by atoms with Crippen molar-refractivity contribution >= 4 is 11.9 Å². The van der Waals surface area contributed by atoms with Gasteiger partial charge >= 0.3 is 0 Å². The number of nitrogens with zero attached hydrogens (tertiary/aromatic N) is 1. The number of phenols is 1. The summed E-state index contributed by atoms with van der Waals surface area (Å²) >= 11 is 0. The molecule has 0 heterocycles. The van der Waals surface area contributed by atoms with Gasteiger partial charge in [0.25, 0.3) is 0 Å². The van der Waals surface area contributed by atoms with E-state index in [-0.39, 0.29) is 11.3 Å². The van der Waals surface area contributed by atoms with E-state index in [2.05, 4.69) is 4.99 Å². The summed E-state index contributed by atoms with van der Waals surface area (Å²) in [7, 11) is 0. The fourth-order valence-corrected chi connectivity index (χ4v) is 4.15. The van der Waals surface area contributed by atoms with Gasteiger partial charge in [-0.25, -0.2) is 26.9 Å². The van der Waals surface area contributed by atoms with E-state index in [0.29, 0.717) is 11.1 Å². The molecule has 0 aliphatic rings. The van der Waals surface area contributed by atoms with Crippen LogP contribution in [-0.4, -0.2) is 11.3 Å². The lowest BCUT2D eigenvalue weighted by atomic mass is 9.70. The molecule has 0 fully saturated rings. The van der Waals surface area contributed by atoms with Crippen molar-refractivity contribution in [3.8, 4) is 5.75 Å². The topological polar surface area (TPSA) is 32.6 Å². The average molecular weight is 481 g/mol. The molecule has 4 aromatic carbocycles. The summed E-state index contributed by atoms with van der Waals surface area (Å²) in [5, 5.41) is 11.3. The van der Waals surface area contributed by atoms with Crippen LogP contribution in [0.4, 0.5) is 27.6 Å². The maximum Gasteiger partial charge on any atom is 0.200 e. The number of hydrogen-bond acceptors (Lipinski definition) is 2. The number of aryl methyl sites for hydroxylation is 1. The Labute approximate surface area is 199 Å². The number of halogens is 5. The number of aromatic hydroxyl groups is 1. The SMILES string of the molecule is Cc1cc(C=Nc2c(F)c(F)c(F)c(F)c2F)c(O)c(C(C)(c2ccccc2)c2ccccc2)c1. The first kappa shape index (κ1) is 24.1. The Morgan fingerprint density at radius 1 is 0.714 bits per heavy atom. The molecule has 4 aromatic rings. The van der Waals surface area contributed by atoms with Gasteiger partial charge in [0.2, 0.25) is 5.82 Å². The molecule has 1 N–H and O–H groups in total. The molecule has 0 aliphatic carbocycles. The van der Waals surface area contributed by atoms with Crippen molar-refractivity contribution in [1.82, 2.24) is 0 Å². The lowest BCUT2D eigenvalue weighted by molar-refractivity contribution is 0.381. The molecule has 2 nitrogen and oxygen atoms in total. The number of benzene rings is 4. The standard InChI is InChI=1S/C28H20F5NO/c1-16-13-17(15-34-26-24(32)22(30)21(29)23(31)25(26)33)27(35)20(14-16)28(2,18-9-5-3-6-10-18)19-11-7-4-8-12-19/h3-15,35H,1-2H3. The Balaban J connectivity index is 1.92. The second-order valence-electron chi connectivity index (χ2n) is 8.28. The van der Waals surface area contributed by atoms with Crippen molar-refractivity contribution < 1.29 is 27.1 Å². The van der Waals surface area contributed by atoms with Crippen LogP contribution in [-0.2, 0) is 5.41 Å². The van der Waals surface area contributed by atoms with Crippen LogP contribution in [0.25, 0.3) is 0 Å². The van der Waals surface area contributed by atoms with Gasteiger partial charge in [0, 0.05) is 22.8 Å². The molecule has 178 valence electrons. The van der Waals surface area contributed by atoms with Crippen LogP contribution in [0, 0.1) is 36.0 Å². The molecule has 0 spiro atoms. The van der Waals surface area contributed by atoms with Gasteiger partial charge < -0.3 is 5.11 Å². The molecule has 0 saturated carbocycles. The third-order valence-electron chi connectivity index (χ3n) is 6.04. The van der Waals surface area contributed by atoms with Gasteiger partial charge in [0.05, 0.1) is 0 Å². The van der Waals surface area contributed by atoms with Gasteiger partial charge in [0.15, 0.2) is 23.3 Å². The second kappa shape index (κ2) is 9.33. The van der Waals surface area contributed by atoms with Crippen molar-refractivity contribution in [3.05, 3.63) is 130 Å². The van der Waals surface area contributed by atoms with Crippen molar-refractivity contribution in [2.75, 3.05) is 0 Å². The van der Waals surface area contributed by atoms with E-state index < -0.39 is 40.2 Å². The number of phenolic OH excluding ortho intramolecular Hbond substituents is 1. The predicted molar refractivity (Wildman–Crippen MR) is 125 cm³/mol. The molecule has 0 atom stereocenters. The van der Waals surface area contributed by atoms with E-state index >= 15 is 0 Å². The van der Waals surface area contributed by atoms with Gasteiger partial charge in [-0.2, -0.15) is 0 Å². The number of aliphatic imine (C=N–C) groups is 1. The molecular formula is C28H20F5NO. The Bertz CT molecular complexity index is 1350. The first-order valence-corrected chi connectivity index (χ1v) is 10.7. The van der Waals surface area contributed by atoms with E-state index in [4.69, 9.17) is 0 Å². The molecule has 0 aliphatic heterocycles. The highest BCUT2D eigenvalue weighted by Crippen LogP contribution is 2.44. The molecule has 4 rings (SSSR count). The zero-order chi connectivity index (χ0) is 25.3. The summed E-state index contributed by atoms with van der Waals surface area (Å²) in [4.78, 5) is 3.53. The van der Waals surface area contributed by atoms with E-state index in [1.54, 1.807) is 13.0 Å². The lowest BCUT2D eigenvalue weighted by Gasteiger charge is -2.33.